The number of rotatable bonds is 6. The molecular formula is C21H24ClN3O3. The number of anilines is 2. The van der Waals surface area contributed by atoms with Crippen LogP contribution in [0.3, 0.4) is 0 Å². The largest absolute Gasteiger partial charge is 0.479 e. The molecule has 1 heterocycles. The lowest BCUT2D eigenvalue weighted by Gasteiger charge is -2.33. The zero-order valence-electron chi connectivity index (χ0n) is 16.2. The minimum Gasteiger partial charge on any atom is -0.479 e. The van der Waals surface area contributed by atoms with E-state index in [9.17, 15) is 9.59 Å². The van der Waals surface area contributed by atoms with Crippen LogP contribution in [0, 0.1) is 0 Å². The molecule has 1 aliphatic heterocycles. The molecule has 1 N–H and O–H groups in total. The predicted octanol–water partition coefficient (Wildman–Crippen LogP) is 3.66. The van der Waals surface area contributed by atoms with Crippen LogP contribution in [-0.2, 0) is 4.79 Å². The van der Waals surface area contributed by atoms with Gasteiger partial charge in [0.1, 0.15) is 5.75 Å². The van der Waals surface area contributed by atoms with Gasteiger partial charge in [0.05, 0.1) is 5.69 Å². The Kier molecular flexibility index (Phi) is 6.21. The standard InChI is InChI=1S/C21H24ClN3O3/c1-14-21(27)25(11-5-10-24(2)3)18-13-17(8-9-19(18)28-14)23-20(26)15-6-4-7-16(22)12-15/h4,6-9,12-14H,5,10-11H2,1-3H3,(H,23,26). The van der Waals surface area contributed by atoms with E-state index in [0.29, 0.717) is 34.3 Å². The van der Waals surface area contributed by atoms with E-state index in [-0.39, 0.29) is 11.8 Å². The molecule has 0 spiro atoms. The molecule has 1 unspecified atom stereocenters. The molecule has 1 aliphatic rings. The van der Waals surface area contributed by atoms with E-state index in [2.05, 4.69) is 10.2 Å². The van der Waals surface area contributed by atoms with Gasteiger partial charge in [-0.2, -0.15) is 0 Å². The van der Waals surface area contributed by atoms with Crippen molar-refractivity contribution >= 4 is 34.8 Å². The summed E-state index contributed by atoms with van der Waals surface area (Å²) in [5.74, 6) is 0.292. The number of fused-ring (bicyclic) bond motifs is 1. The first-order valence-electron chi connectivity index (χ1n) is 9.19. The number of hydrogen-bond acceptors (Lipinski definition) is 4. The molecule has 2 aromatic rings. The fraction of sp³-hybridized carbons (Fsp3) is 0.333. The fourth-order valence-corrected chi connectivity index (χ4v) is 3.28. The van der Waals surface area contributed by atoms with Gasteiger partial charge in [0.25, 0.3) is 11.8 Å². The molecular weight excluding hydrogens is 378 g/mol. The van der Waals surface area contributed by atoms with E-state index in [4.69, 9.17) is 16.3 Å². The minimum absolute atomic E-state index is 0.0791. The summed E-state index contributed by atoms with van der Waals surface area (Å²) in [6.07, 6.45) is 0.308. The molecule has 0 aromatic heterocycles. The first-order valence-corrected chi connectivity index (χ1v) is 9.56. The monoisotopic (exact) mass is 401 g/mol. The summed E-state index contributed by atoms with van der Waals surface area (Å²) in [5.41, 5.74) is 1.73. The Hall–Kier alpha value is -2.57. The summed E-state index contributed by atoms with van der Waals surface area (Å²) in [6.45, 7) is 3.21. The van der Waals surface area contributed by atoms with Gasteiger partial charge in [0.15, 0.2) is 6.10 Å². The van der Waals surface area contributed by atoms with Crippen LogP contribution in [0.1, 0.15) is 23.7 Å². The maximum Gasteiger partial charge on any atom is 0.267 e. The maximum absolute atomic E-state index is 12.6. The van der Waals surface area contributed by atoms with Crippen molar-refractivity contribution < 1.29 is 14.3 Å². The number of ether oxygens (including phenoxy) is 1. The highest BCUT2D eigenvalue weighted by Gasteiger charge is 2.31. The van der Waals surface area contributed by atoms with Crippen molar-refractivity contribution in [3.63, 3.8) is 0 Å². The fourth-order valence-electron chi connectivity index (χ4n) is 3.09. The van der Waals surface area contributed by atoms with Crippen LogP contribution in [0.25, 0.3) is 0 Å². The summed E-state index contributed by atoms with van der Waals surface area (Å²) in [5, 5.41) is 3.36. The van der Waals surface area contributed by atoms with Crippen molar-refractivity contribution in [2.75, 3.05) is 37.4 Å². The van der Waals surface area contributed by atoms with E-state index in [0.717, 1.165) is 13.0 Å². The molecule has 0 fully saturated rings. The van der Waals surface area contributed by atoms with E-state index < -0.39 is 6.10 Å². The molecule has 2 aromatic carbocycles. The summed E-state index contributed by atoms with van der Waals surface area (Å²) < 4.78 is 5.73. The first-order chi connectivity index (χ1) is 13.3. The minimum atomic E-state index is -0.529. The summed E-state index contributed by atoms with van der Waals surface area (Å²) in [7, 11) is 4.00. The van der Waals surface area contributed by atoms with Gasteiger partial charge in [-0.05, 0) is 70.4 Å². The van der Waals surface area contributed by atoms with Crippen LogP contribution in [0.4, 0.5) is 11.4 Å². The Morgan fingerprint density at radius 3 is 2.75 bits per heavy atom. The molecule has 0 radical (unpaired) electrons. The van der Waals surface area contributed by atoms with Crippen molar-refractivity contribution in [2.24, 2.45) is 0 Å². The molecule has 148 valence electrons. The molecule has 7 heteroatoms. The van der Waals surface area contributed by atoms with Gasteiger partial charge in [0, 0.05) is 22.8 Å². The molecule has 3 rings (SSSR count). The highest BCUT2D eigenvalue weighted by molar-refractivity contribution is 6.31. The summed E-state index contributed by atoms with van der Waals surface area (Å²) >= 11 is 5.96. The Labute approximate surface area is 170 Å². The predicted molar refractivity (Wildman–Crippen MR) is 111 cm³/mol. The highest BCUT2D eigenvalue weighted by atomic mass is 35.5. The van der Waals surface area contributed by atoms with Gasteiger partial charge >= 0.3 is 0 Å². The Morgan fingerprint density at radius 1 is 1.25 bits per heavy atom. The molecule has 6 nitrogen and oxygen atoms in total. The summed E-state index contributed by atoms with van der Waals surface area (Å²) in [6, 6.07) is 12.1. The second-order valence-corrected chi connectivity index (χ2v) is 7.49. The highest BCUT2D eigenvalue weighted by Crippen LogP contribution is 2.36. The molecule has 0 bridgehead atoms. The summed E-state index contributed by atoms with van der Waals surface area (Å²) in [4.78, 5) is 29.0. The number of nitrogens with one attached hydrogen (secondary N) is 1. The molecule has 0 aliphatic carbocycles. The van der Waals surface area contributed by atoms with Gasteiger partial charge in [-0.1, -0.05) is 17.7 Å². The normalized spacial score (nSPS) is 16.0. The van der Waals surface area contributed by atoms with E-state index in [1.165, 1.54) is 0 Å². The molecule has 0 saturated carbocycles. The zero-order valence-corrected chi connectivity index (χ0v) is 17.0. The lowest BCUT2D eigenvalue weighted by Crippen LogP contribution is -2.45. The molecule has 2 amide bonds. The third-order valence-electron chi connectivity index (χ3n) is 4.50. The molecule has 28 heavy (non-hydrogen) atoms. The maximum atomic E-state index is 12.6. The van der Waals surface area contributed by atoms with E-state index in [1.807, 2.05) is 14.1 Å². The Balaban J connectivity index is 1.82. The number of halogens is 1. The number of carbonyl (C=O) groups is 2. The third kappa shape index (κ3) is 4.64. The van der Waals surface area contributed by atoms with Crippen LogP contribution in [0.2, 0.25) is 5.02 Å². The zero-order chi connectivity index (χ0) is 20.3. The number of hydrogen-bond donors (Lipinski definition) is 1. The SMILES string of the molecule is CC1Oc2ccc(NC(=O)c3cccc(Cl)c3)cc2N(CCCN(C)C)C1=O. The van der Waals surface area contributed by atoms with Gasteiger partial charge < -0.3 is 19.9 Å². The van der Waals surface area contributed by atoms with Crippen LogP contribution < -0.4 is 15.0 Å². The Morgan fingerprint density at radius 2 is 2.04 bits per heavy atom. The topological polar surface area (TPSA) is 61.9 Å². The van der Waals surface area contributed by atoms with Crippen LogP contribution in [-0.4, -0.2) is 50.0 Å². The third-order valence-corrected chi connectivity index (χ3v) is 4.73. The van der Waals surface area contributed by atoms with Crippen LogP contribution in [0.5, 0.6) is 5.75 Å². The quantitative estimate of drug-likeness (QED) is 0.802. The average Bonchev–Trinajstić information content (AvgIpc) is 2.65. The van der Waals surface area contributed by atoms with Crippen LogP contribution >= 0.6 is 11.6 Å². The van der Waals surface area contributed by atoms with Gasteiger partial charge in [0.2, 0.25) is 0 Å². The van der Waals surface area contributed by atoms with Crippen molar-refractivity contribution in [2.45, 2.75) is 19.4 Å². The van der Waals surface area contributed by atoms with Gasteiger partial charge in [-0.25, -0.2) is 0 Å². The van der Waals surface area contributed by atoms with Crippen molar-refractivity contribution in [1.82, 2.24) is 4.90 Å². The number of nitrogens with zero attached hydrogens (tertiary/aromatic N) is 2. The van der Waals surface area contributed by atoms with Crippen LogP contribution in [0.15, 0.2) is 42.5 Å². The second kappa shape index (κ2) is 8.63. The van der Waals surface area contributed by atoms with Gasteiger partial charge in [-0.3, -0.25) is 9.59 Å². The first kappa shape index (κ1) is 20.2. The van der Waals surface area contributed by atoms with Crippen molar-refractivity contribution in [3.8, 4) is 5.75 Å². The smallest absolute Gasteiger partial charge is 0.267 e. The van der Waals surface area contributed by atoms with E-state index in [1.54, 1.807) is 54.3 Å². The van der Waals surface area contributed by atoms with Crippen molar-refractivity contribution in [1.29, 1.82) is 0 Å². The number of benzene rings is 2. The molecule has 0 saturated heterocycles. The lowest BCUT2D eigenvalue weighted by molar-refractivity contribution is -0.125. The average molecular weight is 402 g/mol. The Bertz CT molecular complexity index is 885. The second-order valence-electron chi connectivity index (χ2n) is 7.05. The lowest BCUT2D eigenvalue weighted by atomic mass is 10.1. The number of carbonyl (C=O) groups excluding carboxylic acids is 2. The molecule has 1 atom stereocenters. The van der Waals surface area contributed by atoms with Crippen molar-refractivity contribution in [3.05, 3.63) is 53.1 Å². The number of amides is 2. The van der Waals surface area contributed by atoms with Gasteiger partial charge in [-0.15, -0.1) is 0 Å². The van der Waals surface area contributed by atoms with E-state index >= 15 is 0 Å².